The van der Waals surface area contributed by atoms with Gasteiger partial charge in [0.05, 0.1) is 17.5 Å². The largest absolute Gasteiger partial charge is 0.356 e. The van der Waals surface area contributed by atoms with E-state index in [1.807, 2.05) is 47.4 Å². The molecule has 3 rings (SSSR count). The van der Waals surface area contributed by atoms with Crippen molar-refractivity contribution in [2.24, 2.45) is 0 Å². The minimum Gasteiger partial charge on any atom is -0.356 e. The Morgan fingerprint density at radius 2 is 1.66 bits per heavy atom. The molecule has 7 heteroatoms. The summed E-state index contributed by atoms with van der Waals surface area (Å²) in [6.07, 6.45) is 3.88. The van der Waals surface area contributed by atoms with Crippen molar-refractivity contribution in [2.75, 3.05) is 6.54 Å². The van der Waals surface area contributed by atoms with E-state index in [0.717, 1.165) is 48.1 Å². The minimum atomic E-state index is -0.0155. The van der Waals surface area contributed by atoms with E-state index in [1.165, 1.54) is 0 Å². The number of aromatic nitrogens is 2. The molecule has 0 aliphatic carbocycles. The number of carbonyl (C=O) groups is 2. The number of hydrogen-bond acceptors (Lipinski definition) is 3. The Balaban J connectivity index is 1.53. The topological polar surface area (TPSA) is 67.2 Å². The smallest absolute Gasteiger partial charge is 0.243 e. The van der Waals surface area contributed by atoms with E-state index < -0.39 is 0 Å². The van der Waals surface area contributed by atoms with Crippen LogP contribution in [0.2, 0.25) is 5.02 Å². The van der Waals surface area contributed by atoms with E-state index in [4.69, 9.17) is 16.6 Å². The van der Waals surface area contributed by atoms with Crippen LogP contribution in [0.4, 0.5) is 0 Å². The number of halogens is 1. The molecule has 0 atom stereocenters. The lowest BCUT2D eigenvalue weighted by molar-refractivity contribution is -0.135. The van der Waals surface area contributed by atoms with Gasteiger partial charge in [0, 0.05) is 30.1 Å². The third-order valence-electron chi connectivity index (χ3n) is 6.14. The van der Waals surface area contributed by atoms with Crippen molar-refractivity contribution in [3.8, 4) is 0 Å². The predicted molar refractivity (Wildman–Crippen MR) is 143 cm³/mol. The van der Waals surface area contributed by atoms with Gasteiger partial charge >= 0.3 is 0 Å². The van der Waals surface area contributed by atoms with Gasteiger partial charge in [-0.25, -0.2) is 4.98 Å². The predicted octanol–water partition coefficient (Wildman–Crippen LogP) is 5.41. The lowest BCUT2D eigenvalue weighted by atomic mass is 10.1. The van der Waals surface area contributed by atoms with Crippen LogP contribution >= 0.6 is 11.6 Å². The average Bonchev–Trinajstić information content (AvgIpc) is 3.14. The zero-order valence-electron chi connectivity index (χ0n) is 21.3. The van der Waals surface area contributed by atoms with Gasteiger partial charge in [-0.2, -0.15) is 0 Å². The normalized spacial score (nSPS) is 11.4. The van der Waals surface area contributed by atoms with Gasteiger partial charge in [0.2, 0.25) is 11.8 Å². The second-order valence-corrected chi connectivity index (χ2v) is 9.93. The van der Waals surface area contributed by atoms with Crippen molar-refractivity contribution in [3.05, 3.63) is 64.9 Å². The van der Waals surface area contributed by atoms with E-state index in [9.17, 15) is 9.59 Å². The van der Waals surface area contributed by atoms with Crippen LogP contribution < -0.4 is 5.32 Å². The molecule has 0 bridgehead atoms. The lowest BCUT2D eigenvalue weighted by Crippen LogP contribution is -2.43. The van der Waals surface area contributed by atoms with Crippen molar-refractivity contribution >= 4 is 34.4 Å². The van der Waals surface area contributed by atoms with Gasteiger partial charge < -0.3 is 14.8 Å². The number of para-hydroxylation sites is 2. The maximum atomic E-state index is 13.1. The van der Waals surface area contributed by atoms with Gasteiger partial charge in [-0.3, -0.25) is 9.59 Å². The molecule has 3 aromatic rings. The number of benzene rings is 2. The van der Waals surface area contributed by atoms with Crippen LogP contribution in [0.25, 0.3) is 11.0 Å². The van der Waals surface area contributed by atoms with Crippen molar-refractivity contribution in [3.63, 3.8) is 0 Å². The summed E-state index contributed by atoms with van der Waals surface area (Å²) < 4.78 is 2.07. The number of imidazole rings is 1. The maximum Gasteiger partial charge on any atom is 0.243 e. The molecule has 0 saturated carbocycles. The molecule has 0 unspecified atom stereocenters. The summed E-state index contributed by atoms with van der Waals surface area (Å²) in [6, 6.07) is 15.7. The molecule has 35 heavy (non-hydrogen) atoms. The van der Waals surface area contributed by atoms with Gasteiger partial charge in [-0.15, -0.1) is 0 Å². The van der Waals surface area contributed by atoms with Crippen LogP contribution in [0.15, 0.2) is 48.5 Å². The number of unbranched alkanes of at least 4 members (excludes halogenated alkanes) is 2. The van der Waals surface area contributed by atoms with Crippen molar-refractivity contribution in [1.82, 2.24) is 19.8 Å². The standard InChI is InChI=1S/C28H37ClN4O2/c1-20(2)33(21(3)4)28(35)19-32-25-15-10-9-14-24(25)31-26(32)16-6-5-11-17-30-27(34)18-22-12-7-8-13-23(22)29/h7-10,12-15,20-21H,5-6,11,16-19H2,1-4H3,(H,30,34). The maximum absolute atomic E-state index is 13.1. The van der Waals surface area contributed by atoms with E-state index in [0.29, 0.717) is 24.5 Å². The van der Waals surface area contributed by atoms with E-state index in [-0.39, 0.29) is 23.9 Å². The molecule has 0 aliphatic heterocycles. The highest BCUT2D eigenvalue weighted by Gasteiger charge is 2.22. The monoisotopic (exact) mass is 496 g/mol. The highest BCUT2D eigenvalue weighted by molar-refractivity contribution is 6.31. The Morgan fingerprint density at radius 1 is 0.971 bits per heavy atom. The molecule has 2 amide bonds. The first-order chi connectivity index (χ1) is 16.8. The second kappa shape index (κ2) is 12.7. The molecular formula is C28H37ClN4O2. The molecule has 6 nitrogen and oxygen atoms in total. The van der Waals surface area contributed by atoms with Gasteiger partial charge in [0.1, 0.15) is 12.4 Å². The molecule has 1 N–H and O–H groups in total. The summed E-state index contributed by atoms with van der Waals surface area (Å²) >= 11 is 6.14. The van der Waals surface area contributed by atoms with Crippen molar-refractivity contribution in [2.45, 2.75) is 78.4 Å². The van der Waals surface area contributed by atoms with Gasteiger partial charge in [0.15, 0.2) is 0 Å². The van der Waals surface area contributed by atoms with Crippen LogP contribution in [0.3, 0.4) is 0 Å². The number of hydrogen-bond donors (Lipinski definition) is 1. The molecule has 1 heterocycles. The van der Waals surface area contributed by atoms with Crippen LogP contribution in [-0.4, -0.2) is 44.9 Å². The summed E-state index contributed by atoms with van der Waals surface area (Å²) in [5.41, 5.74) is 2.76. The number of nitrogens with zero attached hydrogens (tertiary/aromatic N) is 3. The van der Waals surface area contributed by atoms with E-state index in [2.05, 4.69) is 37.6 Å². The zero-order chi connectivity index (χ0) is 25.4. The Morgan fingerprint density at radius 3 is 2.37 bits per heavy atom. The van der Waals surface area contributed by atoms with Gasteiger partial charge in [-0.05, 0) is 64.3 Å². The molecule has 1 aromatic heterocycles. The van der Waals surface area contributed by atoms with Crippen LogP contribution in [0.5, 0.6) is 0 Å². The SMILES string of the molecule is CC(C)N(C(=O)Cn1c(CCCCCNC(=O)Cc2ccccc2Cl)nc2ccccc21)C(C)C. The number of nitrogens with one attached hydrogen (secondary N) is 1. The number of carbonyl (C=O) groups excluding carboxylic acids is 2. The Hall–Kier alpha value is -2.86. The average molecular weight is 497 g/mol. The third-order valence-corrected chi connectivity index (χ3v) is 6.50. The first-order valence-electron chi connectivity index (χ1n) is 12.5. The first-order valence-corrected chi connectivity index (χ1v) is 12.9. The number of amides is 2. The summed E-state index contributed by atoms with van der Waals surface area (Å²) in [7, 11) is 0. The molecule has 188 valence electrons. The van der Waals surface area contributed by atoms with Crippen molar-refractivity contribution in [1.29, 1.82) is 0 Å². The summed E-state index contributed by atoms with van der Waals surface area (Å²) in [5.74, 6) is 1.04. The Kier molecular flexibility index (Phi) is 9.73. The van der Waals surface area contributed by atoms with Gasteiger partial charge in [0.25, 0.3) is 0 Å². The molecule has 0 saturated heterocycles. The number of aryl methyl sites for hydroxylation is 1. The highest BCUT2D eigenvalue weighted by atomic mass is 35.5. The fraction of sp³-hybridized carbons (Fsp3) is 0.464. The van der Waals surface area contributed by atoms with Crippen molar-refractivity contribution < 1.29 is 9.59 Å². The molecule has 0 spiro atoms. The molecule has 0 radical (unpaired) electrons. The fourth-order valence-corrected chi connectivity index (χ4v) is 4.77. The van der Waals surface area contributed by atoms with Crippen LogP contribution in [0, 0.1) is 0 Å². The zero-order valence-corrected chi connectivity index (χ0v) is 22.0. The van der Waals surface area contributed by atoms with E-state index in [1.54, 1.807) is 6.07 Å². The third kappa shape index (κ3) is 7.31. The number of rotatable bonds is 12. The Labute approximate surface area is 213 Å². The summed E-state index contributed by atoms with van der Waals surface area (Å²) in [4.78, 5) is 32.1. The fourth-order valence-electron chi connectivity index (χ4n) is 4.57. The minimum absolute atomic E-state index is 0.0155. The van der Waals surface area contributed by atoms with Crippen LogP contribution in [0.1, 0.15) is 58.3 Å². The summed E-state index contributed by atoms with van der Waals surface area (Å²) in [6.45, 7) is 9.15. The first kappa shape index (κ1) is 26.7. The Bertz CT molecular complexity index is 1130. The van der Waals surface area contributed by atoms with Crippen LogP contribution in [-0.2, 0) is 29.0 Å². The van der Waals surface area contributed by atoms with Gasteiger partial charge in [-0.1, -0.05) is 48.4 Å². The molecular weight excluding hydrogens is 460 g/mol. The molecule has 2 aromatic carbocycles. The quantitative estimate of drug-likeness (QED) is 0.341. The lowest BCUT2D eigenvalue weighted by Gasteiger charge is -2.31. The van der Waals surface area contributed by atoms with E-state index >= 15 is 0 Å². The number of fused-ring (bicyclic) bond motifs is 1. The molecule has 0 aliphatic rings. The second-order valence-electron chi connectivity index (χ2n) is 9.52. The summed E-state index contributed by atoms with van der Waals surface area (Å²) in [5, 5.41) is 3.60. The molecule has 0 fully saturated rings. The highest BCUT2D eigenvalue weighted by Crippen LogP contribution is 2.19.